The van der Waals surface area contributed by atoms with Gasteiger partial charge in [0.05, 0.1) is 13.2 Å². The molecule has 1 aromatic carbocycles. The van der Waals surface area contributed by atoms with Crippen LogP contribution in [0.15, 0.2) is 24.3 Å². The summed E-state index contributed by atoms with van der Waals surface area (Å²) in [5, 5.41) is 11.9. The molecule has 0 aliphatic carbocycles. The van der Waals surface area contributed by atoms with Crippen molar-refractivity contribution in [1.82, 2.24) is 0 Å². The molecule has 0 amide bonds. The Morgan fingerprint density at radius 1 is 1.35 bits per heavy atom. The summed E-state index contributed by atoms with van der Waals surface area (Å²) in [4.78, 5) is 11.0. The molecule has 0 aliphatic heterocycles. The highest BCUT2D eigenvalue weighted by atomic mass is 16.5. The fourth-order valence-electron chi connectivity index (χ4n) is 1.47. The average molecular weight is 239 g/mol. The van der Waals surface area contributed by atoms with Gasteiger partial charge < -0.3 is 19.9 Å². The fraction of sp³-hybridized carbons (Fsp3) is 0.417. The molecule has 0 heterocycles. The number of hydrogen-bond acceptors (Lipinski definition) is 4. The van der Waals surface area contributed by atoms with E-state index < -0.39 is 12.0 Å². The lowest BCUT2D eigenvalue weighted by molar-refractivity contribution is -0.139. The summed E-state index contributed by atoms with van der Waals surface area (Å²) in [7, 11) is 3.07. The number of rotatable bonds is 7. The molecule has 1 rings (SSSR count). The number of hydrogen-bond donors (Lipinski definition) is 2. The smallest absolute Gasteiger partial charge is 0.328 e. The molecule has 0 bridgehead atoms. The minimum absolute atomic E-state index is 0.108. The standard InChI is InChI=1S/C12H17NO4/c1-16-7-9-5-3-4-6-10(9)13-11(8-17-2)12(14)15/h3-6,11,13H,7-8H2,1-2H3,(H,14,15). The Labute approximate surface area is 100 Å². The van der Waals surface area contributed by atoms with Gasteiger partial charge in [0.1, 0.15) is 6.04 Å². The van der Waals surface area contributed by atoms with Gasteiger partial charge in [0.2, 0.25) is 0 Å². The van der Waals surface area contributed by atoms with Crippen molar-refractivity contribution in [3.8, 4) is 0 Å². The van der Waals surface area contributed by atoms with Crippen LogP contribution in [-0.2, 0) is 20.9 Å². The molecule has 0 radical (unpaired) electrons. The molecular weight excluding hydrogens is 222 g/mol. The molecule has 1 atom stereocenters. The van der Waals surface area contributed by atoms with Gasteiger partial charge in [-0.15, -0.1) is 0 Å². The lowest BCUT2D eigenvalue weighted by Crippen LogP contribution is -2.34. The van der Waals surface area contributed by atoms with E-state index in [4.69, 9.17) is 14.6 Å². The van der Waals surface area contributed by atoms with E-state index >= 15 is 0 Å². The van der Waals surface area contributed by atoms with E-state index in [1.54, 1.807) is 7.11 Å². The van der Waals surface area contributed by atoms with Crippen molar-refractivity contribution in [3.63, 3.8) is 0 Å². The van der Waals surface area contributed by atoms with Crippen LogP contribution < -0.4 is 5.32 Å². The van der Waals surface area contributed by atoms with Crippen molar-refractivity contribution in [2.24, 2.45) is 0 Å². The van der Waals surface area contributed by atoms with Gasteiger partial charge in [0.15, 0.2) is 0 Å². The molecule has 0 aromatic heterocycles. The number of carboxylic acid groups (broad SMARTS) is 1. The number of carbonyl (C=O) groups is 1. The lowest BCUT2D eigenvalue weighted by Gasteiger charge is -2.17. The molecule has 17 heavy (non-hydrogen) atoms. The van der Waals surface area contributed by atoms with Crippen LogP contribution in [0.3, 0.4) is 0 Å². The highest BCUT2D eigenvalue weighted by Crippen LogP contribution is 2.17. The predicted octanol–water partition coefficient (Wildman–Crippen LogP) is 1.34. The lowest BCUT2D eigenvalue weighted by atomic mass is 10.1. The minimum atomic E-state index is -0.945. The molecule has 0 saturated heterocycles. The van der Waals surface area contributed by atoms with Gasteiger partial charge in [-0.25, -0.2) is 4.79 Å². The molecule has 0 saturated carbocycles. The molecule has 94 valence electrons. The SMILES string of the molecule is COCc1ccccc1NC(COC)C(=O)O. The Kier molecular flexibility index (Phi) is 5.45. The van der Waals surface area contributed by atoms with E-state index in [0.717, 1.165) is 11.3 Å². The van der Waals surface area contributed by atoms with Crippen molar-refractivity contribution in [3.05, 3.63) is 29.8 Å². The molecule has 0 aliphatic rings. The van der Waals surface area contributed by atoms with Crippen LogP contribution in [0.5, 0.6) is 0 Å². The van der Waals surface area contributed by atoms with Crippen LogP contribution in [0.4, 0.5) is 5.69 Å². The van der Waals surface area contributed by atoms with Gasteiger partial charge in [-0.2, -0.15) is 0 Å². The number of anilines is 1. The summed E-state index contributed by atoms with van der Waals surface area (Å²) in [6.07, 6.45) is 0. The van der Waals surface area contributed by atoms with E-state index in [2.05, 4.69) is 5.32 Å². The topological polar surface area (TPSA) is 67.8 Å². The maximum absolute atomic E-state index is 11.0. The van der Waals surface area contributed by atoms with E-state index in [1.807, 2.05) is 24.3 Å². The Morgan fingerprint density at radius 2 is 2.06 bits per heavy atom. The van der Waals surface area contributed by atoms with Gasteiger partial charge in [0, 0.05) is 25.5 Å². The minimum Gasteiger partial charge on any atom is -0.480 e. The van der Waals surface area contributed by atoms with E-state index in [0.29, 0.717) is 6.61 Å². The number of ether oxygens (including phenoxy) is 2. The maximum Gasteiger partial charge on any atom is 0.328 e. The predicted molar refractivity (Wildman–Crippen MR) is 64.1 cm³/mol. The Hall–Kier alpha value is -1.59. The van der Waals surface area contributed by atoms with Crippen LogP contribution in [0, 0.1) is 0 Å². The van der Waals surface area contributed by atoms with Crippen molar-refractivity contribution in [2.45, 2.75) is 12.6 Å². The molecular formula is C12H17NO4. The summed E-state index contributed by atoms with van der Waals surface area (Å²) < 4.78 is 9.91. The third-order valence-corrected chi connectivity index (χ3v) is 2.28. The Balaban J connectivity index is 2.80. The van der Waals surface area contributed by atoms with Crippen molar-refractivity contribution >= 4 is 11.7 Å². The molecule has 2 N–H and O–H groups in total. The Bertz CT molecular complexity index is 367. The van der Waals surface area contributed by atoms with Crippen molar-refractivity contribution in [2.75, 3.05) is 26.1 Å². The quantitative estimate of drug-likeness (QED) is 0.751. The highest BCUT2D eigenvalue weighted by molar-refractivity contribution is 5.77. The first-order valence-electron chi connectivity index (χ1n) is 5.24. The van der Waals surface area contributed by atoms with Gasteiger partial charge in [-0.05, 0) is 6.07 Å². The summed E-state index contributed by atoms with van der Waals surface area (Å²) >= 11 is 0. The van der Waals surface area contributed by atoms with Gasteiger partial charge in [-0.3, -0.25) is 0 Å². The highest BCUT2D eigenvalue weighted by Gasteiger charge is 2.17. The van der Waals surface area contributed by atoms with Crippen LogP contribution >= 0.6 is 0 Å². The molecule has 0 fully saturated rings. The molecule has 1 aromatic rings. The number of carboxylic acids is 1. The zero-order valence-corrected chi connectivity index (χ0v) is 9.97. The second kappa shape index (κ2) is 6.88. The number of methoxy groups -OCH3 is 2. The van der Waals surface area contributed by atoms with Crippen LogP contribution in [-0.4, -0.2) is 37.9 Å². The van der Waals surface area contributed by atoms with Crippen LogP contribution in [0.2, 0.25) is 0 Å². The molecule has 5 nitrogen and oxygen atoms in total. The summed E-state index contributed by atoms with van der Waals surface area (Å²) in [6, 6.07) is 6.66. The van der Waals surface area contributed by atoms with E-state index in [9.17, 15) is 4.79 Å². The summed E-state index contributed by atoms with van der Waals surface area (Å²) in [5.41, 5.74) is 1.66. The molecule has 1 unspecified atom stereocenters. The largest absolute Gasteiger partial charge is 0.480 e. The number of nitrogens with one attached hydrogen (secondary N) is 1. The third kappa shape index (κ3) is 4.05. The van der Waals surface area contributed by atoms with E-state index in [1.165, 1.54) is 7.11 Å². The zero-order chi connectivity index (χ0) is 12.7. The number of benzene rings is 1. The fourth-order valence-corrected chi connectivity index (χ4v) is 1.47. The second-order valence-electron chi connectivity index (χ2n) is 3.58. The monoisotopic (exact) mass is 239 g/mol. The van der Waals surface area contributed by atoms with Gasteiger partial charge >= 0.3 is 5.97 Å². The average Bonchev–Trinajstić information content (AvgIpc) is 2.31. The molecule has 0 spiro atoms. The maximum atomic E-state index is 11.0. The molecule has 5 heteroatoms. The number of para-hydroxylation sites is 1. The zero-order valence-electron chi connectivity index (χ0n) is 9.97. The van der Waals surface area contributed by atoms with Crippen molar-refractivity contribution < 1.29 is 19.4 Å². The Morgan fingerprint density at radius 3 is 2.65 bits per heavy atom. The van der Waals surface area contributed by atoms with Gasteiger partial charge in [-0.1, -0.05) is 18.2 Å². The summed E-state index contributed by atoms with van der Waals surface area (Å²) in [6.45, 7) is 0.541. The third-order valence-electron chi connectivity index (χ3n) is 2.28. The first-order valence-corrected chi connectivity index (χ1v) is 5.24. The summed E-state index contributed by atoms with van der Waals surface area (Å²) in [5.74, 6) is -0.945. The van der Waals surface area contributed by atoms with Crippen LogP contribution in [0.25, 0.3) is 0 Å². The number of aliphatic carboxylic acids is 1. The van der Waals surface area contributed by atoms with Crippen molar-refractivity contribution in [1.29, 1.82) is 0 Å². The first-order chi connectivity index (χ1) is 8.19. The first kappa shape index (κ1) is 13.5. The normalized spacial score (nSPS) is 12.1. The van der Waals surface area contributed by atoms with Crippen LogP contribution in [0.1, 0.15) is 5.56 Å². The second-order valence-corrected chi connectivity index (χ2v) is 3.58. The van der Waals surface area contributed by atoms with Gasteiger partial charge in [0.25, 0.3) is 0 Å². The van der Waals surface area contributed by atoms with E-state index in [-0.39, 0.29) is 6.61 Å².